The Morgan fingerprint density at radius 3 is 0.887 bits per heavy atom. The van der Waals surface area contributed by atoms with Crippen molar-refractivity contribution >= 4 is 87.7 Å². The Hall–Kier alpha value is -18.1. The van der Waals surface area contributed by atoms with Gasteiger partial charge in [0.1, 0.15) is 46.4 Å². The van der Waals surface area contributed by atoms with Crippen LogP contribution in [0.2, 0.25) is 0 Å². The summed E-state index contributed by atoms with van der Waals surface area (Å²) >= 11 is 0. The number of pyridine rings is 8. The van der Waals surface area contributed by atoms with E-state index >= 15 is 0 Å². The average Bonchev–Trinajstić information content (AvgIpc) is 0.770. The van der Waals surface area contributed by atoms with Crippen molar-refractivity contribution in [2.45, 2.75) is 44.2 Å². The van der Waals surface area contributed by atoms with E-state index in [0.29, 0.717) is 157 Å². The molecule has 5 aromatic carbocycles. The van der Waals surface area contributed by atoms with Gasteiger partial charge in [0, 0.05) is 154 Å². The molecule has 0 aliphatic carbocycles. The van der Waals surface area contributed by atoms with Gasteiger partial charge in [0.2, 0.25) is 5.82 Å². The molecular weight excluding hydrogens is 1970 g/mol. The van der Waals surface area contributed by atoms with E-state index in [1.807, 2.05) is 18.2 Å². The van der Waals surface area contributed by atoms with Crippen molar-refractivity contribution in [3.63, 3.8) is 0 Å². The van der Waals surface area contributed by atoms with Crippen LogP contribution in [-0.2, 0) is 37.8 Å². The highest BCUT2D eigenvalue weighted by Crippen LogP contribution is 2.42. The van der Waals surface area contributed by atoms with Crippen molar-refractivity contribution < 1.29 is 81.0 Å². The zero-order chi connectivity index (χ0) is 106. The first-order chi connectivity index (χ1) is 72.0. The fourth-order valence-electron chi connectivity index (χ4n) is 16.2. The maximum Gasteiger partial charge on any atom is 0.451 e. The number of amides is 10. The number of rotatable bonds is 21. The topological polar surface area (TPSA) is 446 Å². The van der Waals surface area contributed by atoms with Crippen LogP contribution in [0.15, 0.2) is 274 Å². The Labute approximate surface area is 848 Å². The summed E-state index contributed by atoms with van der Waals surface area (Å²) in [5.74, 6) is -4.98. The lowest BCUT2D eigenvalue weighted by Crippen LogP contribution is -2.57. The van der Waals surface area contributed by atoms with Gasteiger partial charge in [-0.15, -0.1) is 0 Å². The van der Waals surface area contributed by atoms with Gasteiger partial charge in [-0.05, 0) is 261 Å². The molecular formula is C105H94F13N27O5. The monoisotopic (exact) mass is 2060 g/mol. The zero-order valence-electron chi connectivity index (χ0n) is 79.3. The van der Waals surface area contributed by atoms with Crippen LogP contribution < -0.4 is 55.3 Å². The van der Waals surface area contributed by atoms with Gasteiger partial charge in [0.15, 0.2) is 29.1 Å². The molecule has 32 nitrogen and oxygen atoms in total. The smallest absolute Gasteiger partial charge is 0.396 e. The molecule has 5 aliphatic heterocycles. The van der Waals surface area contributed by atoms with Crippen molar-refractivity contribution in [1.29, 1.82) is 0 Å². The first-order valence-electron chi connectivity index (χ1n) is 46.7. The number of nitrogens with one attached hydrogen (secondary N) is 5. The number of nitrogens with zero attached hydrogens (tertiary/aromatic N) is 17. The highest BCUT2D eigenvalue weighted by molar-refractivity contribution is 5.96. The Balaban J connectivity index is 0.000000134. The van der Waals surface area contributed by atoms with Gasteiger partial charge < -0.3 is 53.2 Å². The number of hydrogen-bond donors (Lipinski definition) is 10. The number of anilines is 10. The van der Waals surface area contributed by atoms with Crippen molar-refractivity contribution in [1.82, 2.24) is 84.3 Å². The molecule has 770 valence electrons. The minimum atomic E-state index is -4.58. The number of urea groups is 5. The van der Waals surface area contributed by atoms with E-state index in [4.69, 9.17) is 28.7 Å². The first kappa shape index (κ1) is 105. The van der Waals surface area contributed by atoms with Gasteiger partial charge in [-0.2, -0.15) is 22.0 Å². The first-order valence-corrected chi connectivity index (χ1v) is 46.7. The molecule has 20 rings (SSSR count). The molecule has 0 spiro atoms. The largest absolute Gasteiger partial charge is 0.451 e. The van der Waals surface area contributed by atoms with Crippen molar-refractivity contribution in [3.05, 3.63) is 349 Å². The summed E-state index contributed by atoms with van der Waals surface area (Å²) in [6.45, 7) is 4.03. The third kappa shape index (κ3) is 27.4. The summed E-state index contributed by atoms with van der Waals surface area (Å²) in [6, 6.07) is 57.3. The van der Waals surface area contributed by atoms with E-state index in [1.165, 1.54) is 96.2 Å². The van der Waals surface area contributed by atoms with Crippen LogP contribution in [0.25, 0.3) is 56.3 Å². The molecule has 10 amide bonds. The maximum atomic E-state index is 14.5. The Morgan fingerprint density at radius 2 is 0.600 bits per heavy atom. The molecule has 45 heteroatoms. The standard InChI is InChI=1S/C21H18F4N6O.C21H19F3N6O.C21H18F3N5O.C21H19F2N5O.C21H20FN5O/c22-15-3-1-14(2-4-15)17-6-5-16(26)18(29-17)30-20(32)31-10-13(11-31)7-12-8-27-19(28-9-12)21(23,24)25;22-15-3-1-13(2-4-15)17-6-5-16(25)20(28-17)29-21(31)30-10-12(11-30)7-18-26-8-14(9-27-18)19(23)24;22-15-6-4-13(5-7-15)17-9-8-16(25)19(27-17)28-20(30)29-11-14(12-29)21(23,24)18-3-1-2-10-26-18;22-15-3-1-14(2-4-15)19-8-7-18(24)20(26-19)27-21(29)28-11-13(12-28)9-17-6-5-16(23)10-25-17;22-16-6-4-15(5-7-16)19-9-8-18(23)20(25-19)26-21(28)27-12-14(13-27)11-17-3-1-2-10-24-17/h1-6,8-9,13H,7,10-11,26H2,(H,29,30,32);1-6,8-9,12,19H,7,10-11,25H2,(H,28,29,31);1-10,14H,11-12,25H2,(H,27,28,30);1-8,10,13H,9,11-12,24H2,(H,26,27,29);1-10,14H,11-13,23H2,(H,25,26,28). The maximum absolute atomic E-state index is 14.5. The van der Waals surface area contributed by atoms with E-state index in [9.17, 15) is 81.0 Å². The van der Waals surface area contributed by atoms with Gasteiger partial charge >= 0.3 is 36.3 Å². The number of carbonyl (C=O) groups is 5. The highest BCUT2D eigenvalue weighted by atomic mass is 19.4. The SMILES string of the molecule is Nc1ccc(-c2ccc(F)cc2)nc1NC(=O)N1CC(C(F)(F)c2ccccn2)C1.Nc1ccc(-c2ccc(F)cc2)nc1NC(=O)N1CC(Cc2ccc(F)cn2)C1.Nc1ccc(-c2ccc(F)cc2)nc1NC(=O)N1CC(Cc2ccccn2)C1.Nc1ccc(-c2ccc(F)cc2)nc1NC(=O)N1CC(Cc2cnc(C(F)(F)F)nc2)C1.Nc1ccc(-c2ccc(F)cc2)nc1NC(=O)N1CC(Cc2ncc(C(F)F)cn2)C1. The fraction of sp³-hybridized carbons (Fsp3) is 0.210. The lowest BCUT2D eigenvalue weighted by molar-refractivity contribution is -0.145. The van der Waals surface area contributed by atoms with Gasteiger partial charge in [0.05, 0.1) is 74.6 Å². The Morgan fingerprint density at radius 1 is 0.307 bits per heavy atom. The molecule has 15 aromatic rings. The summed E-state index contributed by atoms with van der Waals surface area (Å²) in [5, 5.41) is 13.4. The third-order valence-corrected chi connectivity index (χ3v) is 24.6. The van der Waals surface area contributed by atoms with Gasteiger partial charge in [-0.1, -0.05) is 12.1 Å². The predicted octanol–water partition coefficient (Wildman–Crippen LogP) is 19.3. The molecule has 5 fully saturated rings. The highest BCUT2D eigenvalue weighted by Gasteiger charge is 2.51. The molecule has 10 aromatic heterocycles. The van der Waals surface area contributed by atoms with Gasteiger partial charge in [0.25, 0.3) is 12.3 Å². The lowest BCUT2D eigenvalue weighted by atomic mass is 9.90. The van der Waals surface area contributed by atoms with Crippen molar-refractivity contribution in [2.75, 3.05) is 121 Å². The third-order valence-electron chi connectivity index (χ3n) is 24.6. The number of aromatic nitrogens is 12. The quantitative estimate of drug-likeness (QED) is 0.0299. The summed E-state index contributed by atoms with van der Waals surface area (Å²) in [6.07, 6.45) is 4.17. The van der Waals surface area contributed by atoms with Crippen LogP contribution in [0.5, 0.6) is 0 Å². The minimum Gasteiger partial charge on any atom is -0.396 e. The summed E-state index contributed by atoms with van der Waals surface area (Å²) < 4.78 is 170. The van der Waals surface area contributed by atoms with Crippen LogP contribution in [0, 0.1) is 64.5 Å². The number of nitrogens with two attached hydrogens (primary N) is 5. The number of benzene rings is 5. The van der Waals surface area contributed by atoms with E-state index < -0.39 is 36.3 Å². The van der Waals surface area contributed by atoms with E-state index in [1.54, 1.807) is 159 Å². The second kappa shape index (κ2) is 47.0. The number of hydrogen-bond acceptors (Lipinski definition) is 22. The van der Waals surface area contributed by atoms with Crippen LogP contribution in [-0.4, -0.2) is 180 Å². The second-order valence-corrected chi connectivity index (χ2v) is 35.6. The number of nitrogen functional groups attached to an aromatic ring is 5. The molecule has 0 bridgehead atoms. The molecule has 5 saturated heterocycles. The normalized spacial score (nSPS) is 14.0. The minimum absolute atomic E-state index is 0.0805. The van der Waals surface area contributed by atoms with Crippen LogP contribution in [0.4, 0.5) is 139 Å². The number of carbonyl (C=O) groups excluding carboxylic acids is 5. The zero-order valence-corrected chi connectivity index (χ0v) is 79.3. The lowest BCUT2D eigenvalue weighted by Gasteiger charge is -2.42. The van der Waals surface area contributed by atoms with Crippen LogP contribution in [0.1, 0.15) is 46.3 Å². The van der Waals surface area contributed by atoms with Crippen molar-refractivity contribution in [2.24, 2.45) is 29.6 Å². The summed E-state index contributed by atoms with van der Waals surface area (Å²) in [4.78, 5) is 119. The molecule has 0 radical (unpaired) electrons. The van der Waals surface area contributed by atoms with Crippen molar-refractivity contribution in [3.8, 4) is 56.3 Å². The molecule has 15 heterocycles. The van der Waals surface area contributed by atoms with E-state index in [0.717, 1.165) is 53.7 Å². The Kier molecular flexibility index (Phi) is 32.8. The average molecular weight is 2060 g/mol. The molecule has 150 heavy (non-hydrogen) atoms. The summed E-state index contributed by atoms with van der Waals surface area (Å²) in [7, 11) is 0. The number of alkyl halides is 7. The summed E-state index contributed by atoms with van der Waals surface area (Å²) in [5.41, 5.74) is 39.3. The molecule has 15 N–H and O–H groups in total. The van der Waals surface area contributed by atoms with Gasteiger partial charge in [-0.25, -0.2) is 104 Å². The number of likely N-dealkylation sites (tertiary alicyclic amines) is 5. The number of halogens is 13. The molecule has 0 saturated carbocycles. The molecule has 0 atom stereocenters. The Bertz CT molecular complexity index is 7220. The molecule has 0 unspecified atom stereocenters. The predicted molar refractivity (Wildman–Crippen MR) is 536 cm³/mol. The fourth-order valence-corrected chi connectivity index (χ4v) is 16.2. The second-order valence-electron chi connectivity index (χ2n) is 35.6. The van der Waals surface area contributed by atoms with Crippen LogP contribution >= 0.6 is 0 Å². The molecule has 5 aliphatic rings. The van der Waals surface area contributed by atoms with E-state index in [-0.39, 0.29) is 136 Å². The van der Waals surface area contributed by atoms with Crippen LogP contribution in [0.3, 0.4) is 0 Å². The van der Waals surface area contributed by atoms with Gasteiger partial charge in [-0.3, -0.25) is 41.5 Å². The van der Waals surface area contributed by atoms with E-state index in [2.05, 4.69) is 86.4 Å².